The van der Waals surface area contributed by atoms with Crippen LogP contribution in [0.25, 0.3) is 0 Å². The van der Waals surface area contributed by atoms with Gasteiger partial charge in [0.1, 0.15) is 23.4 Å². The fourth-order valence-corrected chi connectivity index (χ4v) is 3.24. The van der Waals surface area contributed by atoms with Gasteiger partial charge in [0, 0.05) is 32.1 Å². The van der Waals surface area contributed by atoms with Crippen molar-refractivity contribution in [3.8, 4) is 17.2 Å². The highest BCUT2D eigenvalue weighted by Gasteiger charge is 2.18. The summed E-state index contributed by atoms with van der Waals surface area (Å²) in [7, 11) is 3.42. The number of halogens is 1. The van der Waals surface area contributed by atoms with Gasteiger partial charge in [0.2, 0.25) is 0 Å². The third-order valence-electron chi connectivity index (χ3n) is 5.02. The van der Waals surface area contributed by atoms with Crippen molar-refractivity contribution in [1.29, 1.82) is 0 Å². The van der Waals surface area contributed by atoms with Gasteiger partial charge in [-0.2, -0.15) is 0 Å². The van der Waals surface area contributed by atoms with E-state index in [1.807, 2.05) is 24.3 Å². The van der Waals surface area contributed by atoms with Gasteiger partial charge in [-0.15, -0.1) is 24.0 Å². The summed E-state index contributed by atoms with van der Waals surface area (Å²) in [5.41, 5.74) is 2.28. The number of nitrogens with zero attached hydrogens (tertiary/aromatic N) is 1. The molecule has 0 bridgehead atoms. The van der Waals surface area contributed by atoms with Gasteiger partial charge in [-0.05, 0) is 49.2 Å². The molecule has 1 heterocycles. The lowest BCUT2D eigenvalue weighted by atomic mass is 10.1. The zero-order chi connectivity index (χ0) is 21.9. The number of ether oxygens (including phenoxy) is 4. The zero-order valence-electron chi connectivity index (χ0n) is 19.1. The second-order valence-corrected chi connectivity index (χ2v) is 7.44. The maximum atomic E-state index is 6.17. The monoisotopic (exact) mass is 555 g/mol. The number of aliphatic imine (C=N–C) groups is 1. The number of benzene rings is 2. The lowest BCUT2D eigenvalue weighted by Crippen LogP contribution is -2.37. The van der Waals surface area contributed by atoms with Crippen molar-refractivity contribution in [2.45, 2.75) is 32.4 Å². The summed E-state index contributed by atoms with van der Waals surface area (Å²) in [5, 5.41) is 6.69. The molecule has 1 atom stereocenters. The van der Waals surface area contributed by atoms with Crippen LogP contribution in [-0.4, -0.2) is 52.6 Å². The molecule has 0 amide bonds. The molecule has 0 aromatic heterocycles. The van der Waals surface area contributed by atoms with Gasteiger partial charge in [-0.3, -0.25) is 4.99 Å². The second kappa shape index (κ2) is 14.1. The molecule has 0 saturated carbocycles. The Morgan fingerprint density at radius 1 is 1.12 bits per heavy atom. The number of rotatable bonds is 10. The summed E-state index contributed by atoms with van der Waals surface area (Å²) >= 11 is 0. The molecule has 1 saturated heterocycles. The van der Waals surface area contributed by atoms with Crippen LogP contribution in [0.2, 0.25) is 0 Å². The van der Waals surface area contributed by atoms with E-state index in [1.54, 1.807) is 14.2 Å². The molecule has 1 unspecified atom stereocenters. The molecule has 1 fully saturated rings. The van der Waals surface area contributed by atoms with Crippen molar-refractivity contribution in [3.63, 3.8) is 0 Å². The topological polar surface area (TPSA) is 73.3 Å². The highest BCUT2D eigenvalue weighted by atomic mass is 127. The normalized spacial score (nSPS) is 15.6. The molecule has 0 radical (unpaired) electrons. The van der Waals surface area contributed by atoms with Crippen molar-refractivity contribution in [2.75, 3.05) is 40.5 Å². The fourth-order valence-electron chi connectivity index (χ4n) is 3.24. The third kappa shape index (κ3) is 8.38. The minimum absolute atomic E-state index is 0. The Hall–Kier alpha value is -2.20. The standard InChI is InChI=1S/C24H33N3O4.HI/c1-18-5-6-19(23(15-18)31-22-11-14-29-17-22)16-27-24(25-2)26-12-4-13-30-21-9-7-20(28-3)8-10-21;/h5-10,15,22H,4,11-14,16-17H2,1-3H3,(H2,25,26,27);1H. The van der Waals surface area contributed by atoms with Crippen molar-refractivity contribution >= 4 is 29.9 Å². The van der Waals surface area contributed by atoms with Crippen LogP contribution in [0, 0.1) is 6.92 Å². The molecule has 0 aliphatic carbocycles. The Balaban J connectivity index is 0.00000363. The van der Waals surface area contributed by atoms with Crippen molar-refractivity contribution < 1.29 is 18.9 Å². The lowest BCUT2D eigenvalue weighted by molar-refractivity contribution is 0.140. The maximum Gasteiger partial charge on any atom is 0.191 e. The summed E-state index contributed by atoms with van der Waals surface area (Å²) in [4.78, 5) is 4.31. The first-order chi connectivity index (χ1) is 15.2. The summed E-state index contributed by atoms with van der Waals surface area (Å²) in [5.74, 6) is 3.32. The van der Waals surface area contributed by atoms with E-state index in [4.69, 9.17) is 18.9 Å². The van der Waals surface area contributed by atoms with E-state index in [9.17, 15) is 0 Å². The first-order valence-corrected chi connectivity index (χ1v) is 10.7. The molecule has 3 rings (SSSR count). The smallest absolute Gasteiger partial charge is 0.191 e. The number of aryl methyl sites for hydroxylation is 1. The minimum atomic E-state index is 0. The van der Waals surface area contributed by atoms with Crippen LogP contribution in [0.3, 0.4) is 0 Å². The molecule has 1 aliphatic heterocycles. The van der Waals surface area contributed by atoms with Crippen LogP contribution in [0.15, 0.2) is 47.5 Å². The Kier molecular flexibility index (Phi) is 11.4. The first kappa shape index (κ1) is 26.1. The number of guanidine groups is 1. The van der Waals surface area contributed by atoms with Crippen molar-refractivity contribution in [3.05, 3.63) is 53.6 Å². The van der Waals surface area contributed by atoms with Gasteiger partial charge >= 0.3 is 0 Å². The molecular formula is C24H34IN3O4. The van der Waals surface area contributed by atoms with Gasteiger partial charge in [0.15, 0.2) is 5.96 Å². The Bertz CT molecular complexity index is 840. The van der Waals surface area contributed by atoms with Crippen LogP contribution in [0.5, 0.6) is 17.2 Å². The zero-order valence-corrected chi connectivity index (χ0v) is 21.4. The van der Waals surface area contributed by atoms with E-state index >= 15 is 0 Å². The SMILES string of the molecule is CN=C(NCCCOc1ccc(OC)cc1)NCc1ccc(C)cc1OC1CCOC1.I. The van der Waals surface area contributed by atoms with Gasteiger partial charge < -0.3 is 29.6 Å². The van der Waals surface area contributed by atoms with Crippen molar-refractivity contribution in [1.82, 2.24) is 10.6 Å². The van der Waals surface area contributed by atoms with E-state index in [-0.39, 0.29) is 30.1 Å². The third-order valence-corrected chi connectivity index (χ3v) is 5.02. The van der Waals surface area contributed by atoms with Gasteiger partial charge in [-0.1, -0.05) is 12.1 Å². The van der Waals surface area contributed by atoms with Crippen LogP contribution >= 0.6 is 24.0 Å². The van der Waals surface area contributed by atoms with E-state index in [0.717, 1.165) is 54.8 Å². The van der Waals surface area contributed by atoms with E-state index in [2.05, 4.69) is 40.7 Å². The predicted molar refractivity (Wildman–Crippen MR) is 138 cm³/mol. The largest absolute Gasteiger partial charge is 0.497 e. The summed E-state index contributed by atoms with van der Waals surface area (Å²) in [6, 6.07) is 13.9. The highest BCUT2D eigenvalue weighted by molar-refractivity contribution is 14.0. The maximum absolute atomic E-state index is 6.17. The summed E-state index contributed by atoms with van der Waals surface area (Å²) in [6.45, 7) is 5.50. The average molecular weight is 555 g/mol. The Morgan fingerprint density at radius 2 is 1.91 bits per heavy atom. The second-order valence-electron chi connectivity index (χ2n) is 7.44. The molecule has 2 aromatic rings. The minimum Gasteiger partial charge on any atom is -0.497 e. The number of methoxy groups -OCH3 is 1. The fraction of sp³-hybridized carbons (Fsp3) is 0.458. The summed E-state index contributed by atoms with van der Waals surface area (Å²) in [6.07, 6.45) is 1.92. The van der Waals surface area contributed by atoms with Gasteiger partial charge in [0.05, 0.1) is 26.9 Å². The predicted octanol–water partition coefficient (Wildman–Crippen LogP) is 3.92. The molecule has 176 valence electrons. The van der Waals surface area contributed by atoms with Gasteiger partial charge in [-0.25, -0.2) is 0 Å². The number of hydrogen-bond donors (Lipinski definition) is 2. The van der Waals surface area contributed by atoms with Crippen LogP contribution in [0.1, 0.15) is 24.0 Å². The lowest BCUT2D eigenvalue weighted by Gasteiger charge is -2.18. The molecule has 7 nitrogen and oxygen atoms in total. The molecule has 8 heteroatoms. The number of nitrogens with one attached hydrogen (secondary N) is 2. The molecular weight excluding hydrogens is 521 g/mol. The van der Waals surface area contributed by atoms with E-state index in [1.165, 1.54) is 5.56 Å². The Morgan fingerprint density at radius 3 is 2.59 bits per heavy atom. The van der Waals surface area contributed by atoms with E-state index in [0.29, 0.717) is 19.8 Å². The first-order valence-electron chi connectivity index (χ1n) is 10.7. The Labute approximate surface area is 207 Å². The molecule has 0 spiro atoms. The highest BCUT2D eigenvalue weighted by Crippen LogP contribution is 2.23. The van der Waals surface area contributed by atoms with Crippen molar-refractivity contribution in [2.24, 2.45) is 4.99 Å². The van der Waals surface area contributed by atoms with Gasteiger partial charge in [0.25, 0.3) is 0 Å². The quantitative estimate of drug-likeness (QED) is 0.201. The average Bonchev–Trinajstić information content (AvgIpc) is 3.30. The molecule has 32 heavy (non-hydrogen) atoms. The van der Waals surface area contributed by atoms with E-state index < -0.39 is 0 Å². The van der Waals surface area contributed by atoms with Crippen LogP contribution in [-0.2, 0) is 11.3 Å². The van der Waals surface area contributed by atoms with Crippen LogP contribution < -0.4 is 24.8 Å². The molecule has 2 aromatic carbocycles. The molecule has 1 aliphatic rings. The summed E-state index contributed by atoms with van der Waals surface area (Å²) < 4.78 is 22.5. The number of hydrogen-bond acceptors (Lipinski definition) is 5. The van der Waals surface area contributed by atoms with Crippen LogP contribution in [0.4, 0.5) is 0 Å². The molecule has 2 N–H and O–H groups in total.